The first kappa shape index (κ1) is 20.8. The van der Waals surface area contributed by atoms with Gasteiger partial charge in [-0.25, -0.2) is 14.2 Å². The molecule has 2 aromatic heterocycles. The van der Waals surface area contributed by atoms with Crippen LogP contribution in [-0.2, 0) is 9.53 Å². The van der Waals surface area contributed by atoms with Crippen LogP contribution in [0.3, 0.4) is 0 Å². The lowest BCUT2D eigenvalue weighted by Gasteiger charge is -2.34. The summed E-state index contributed by atoms with van der Waals surface area (Å²) < 4.78 is 18.9. The van der Waals surface area contributed by atoms with Crippen molar-refractivity contribution in [3.63, 3.8) is 0 Å². The number of H-pyrrole nitrogens is 1. The number of pyridine rings is 1. The minimum Gasteiger partial charge on any atom is -0.461 e. The number of amides is 1. The zero-order chi connectivity index (χ0) is 21.8. The van der Waals surface area contributed by atoms with Gasteiger partial charge in [-0.3, -0.25) is 9.69 Å². The number of benzene rings is 1. The van der Waals surface area contributed by atoms with Crippen molar-refractivity contribution in [3.05, 3.63) is 54.1 Å². The van der Waals surface area contributed by atoms with Crippen LogP contribution in [0.25, 0.3) is 10.9 Å². The van der Waals surface area contributed by atoms with Gasteiger partial charge in [0.1, 0.15) is 17.3 Å². The fourth-order valence-corrected chi connectivity index (χ4v) is 3.71. The van der Waals surface area contributed by atoms with E-state index in [-0.39, 0.29) is 30.4 Å². The number of piperazine rings is 1. The van der Waals surface area contributed by atoms with E-state index in [1.54, 1.807) is 13.1 Å². The van der Waals surface area contributed by atoms with E-state index in [1.165, 1.54) is 18.2 Å². The number of anilines is 2. The zero-order valence-electron chi connectivity index (χ0n) is 17.2. The standard InChI is InChI=1S/C22H24FN5O3/c1-2-31-22(30)21-20(16-13-15(23)6-7-17(16)25-21)26-19(29)14-27-9-11-28(12-10-27)18-5-3-4-8-24-18/h3-8,13,25H,2,9-12,14H2,1H3,(H,26,29). The average Bonchev–Trinajstić information content (AvgIpc) is 3.12. The van der Waals surface area contributed by atoms with E-state index < -0.39 is 11.8 Å². The molecule has 1 aromatic carbocycles. The minimum absolute atomic E-state index is 0.107. The van der Waals surface area contributed by atoms with Crippen LogP contribution >= 0.6 is 0 Å². The smallest absolute Gasteiger partial charge is 0.356 e. The van der Waals surface area contributed by atoms with Gasteiger partial charge in [-0.15, -0.1) is 0 Å². The normalized spacial score (nSPS) is 14.6. The largest absolute Gasteiger partial charge is 0.461 e. The van der Waals surface area contributed by atoms with Gasteiger partial charge in [-0.05, 0) is 37.3 Å². The number of ether oxygens (including phenoxy) is 1. The predicted octanol–water partition coefficient (Wildman–Crippen LogP) is 2.64. The molecule has 0 bridgehead atoms. The number of aromatic nitrogens is 2. The van der Waals surface area contributed by atoms with Crippen molar-refractivity contribution in [1.29, 1.82) is 0 Å². The molecule has 9 heteroatoms. The van der Waals surface area contributed by atoms with E-state index in [9.17, 15) is 14.0 Å². The predicted molar refractivity (Wildman–Crippen MR) is 116 cm³/mol. The Labute approximate surface area is 179 Å². The Morgan fingerprint density at radius 1 is 1.19 bits per heavy atom. The molecule has 3 heterocycles. The summed E-state index contributed by atoms with van der Waals surface area (Å²) in [6.45, 7) is 4.99. The van der Waals surface area contributed by atoms with Crippen LogP contribution in [0.4, 0.5) is 15.9 Å². The molecule has 0 atom stereocenters. The van der Waals surface area contributed by atoms with Crippen LogP contribution in [0, 0.1) is 5.82 Å². The van der Waals surface area contributed by atoms with Gasteiger partial charge in [0.25, 0.3) is 0 Å². The molecule has 162 valence electrons. The second kappa shape index (κ2) is 9.13. The highest BCUT2D eigenvalue weighted by atomic mass is 19.1. The summed E-state index contributed by atoms with van der Waals surface area (Å²) in [7, 11) is 0. The fraction of sp³-hybridized carbons (Fsp3) is 0.318. The Kier molecular flexibility index (Phi) is 6.13. The number of aromatic amines is 1. The van der Waals surface area contributed by atoms with Gasteiger partial charge in [0.05, 0.1) is 18.8 Å². The van der Waals surface area contributed by atoms with E-state index >= 15 is 0 Å². The lowest BCUT2D eigenvalue weighted by atomic mass is 10.2. The molecule has 1 saturated heterocycles. The lowest BCUT2D eigenvalue weighted by Crippen LogP contribution is -2.48. The Hall–Kier alpha value is -3.46. The van der Waals surface area contributed by atoms with Crippen molar-refractivity contribution in [1.82, 2.24) is 14.9 Å². The second-order valence-electron chi connectivity index (χ2n) is 7.28. The molecule has 0 radical (unpaired) electrons. The highest BCUT2D eigenvalue weighted by Gasteiger charge is 2.24. The number of hydrogen-bond acceptors (Lipinski definition) is 6. The number of carbonyl (C=O) groups is 2. The highest BCUT2D eigenvalue weighted by molar-refractivity contribution is 6.11. The molecular formula is C22H24FN5O3. The van der Waals surface area contributed by atoms with E-state index in [4.69, 9.17) is 4.74 Å². The number of carbonyl (C=O) groups excluding carboxylic acids is 2. The molecule has 0 unspecified atom stereocenters. The second-order valence-corrected chi connectivity index (χ2v) is 7.28. The molecule has 2 N–H and O–H groups in total. The highest BCUT2D eigenvalue weighted by Crippen LogP contribution is 2.29. The third-order valence-corrected chi connectivity index (χ3v) is 5.22. The van der Waals surface area contributed by atoms with E-state index in [1.807, 2.05) is 23.1 Å². The maximum atomic E-state index is 13.8. The fourth-order valence-electron chi connectivity index (χ4n) is 3.71. The van der Waals surface area contributed by atoms with Crippen molar-refractivity contribution < 1.29 is 18.7 Å². The van der Waals surface area contributed by atoms with Crippen LogP contribution < -0.4 is 10.2 Å². The van der Waals surface area contributed by atoms with Crippen LogP contribution in [0.5, 0.6) is 0 Å². The van der Waals surface area contributed by atoms with Gasteiger partial charge < -0.3 is 19.9 Å². The van der Waals surface area contributed by atoms with Gasteiger partial charge in [-0.1, -0.05) is 6.07 Å². The summed E-state index contributed by atoms with van der Waals surface area (Å²) in [6, 6.07) is 9.91. The third kappa shape index (κ3) is 4.66. The van der Waals surface area contributed by atoms with Gasteiger partial charge in [0.2, 0.25) is 5.91 Å². The first-order valence-corrected chi connectivity index (χ1v) is 10.2. The van der Waals surface area contributed by atoms with Crippen molar-refractivity contribution in [3.8, 4) is 0 Å². The molecule has 1 amide bonds. The molecule has 0 aliphatic carbocycles. The molecule has 4 rings (SSSR count). The Balaban J connectivity index is 1.44. The molecule has 8 nitrogen and oxygen atoms in total. The van der Waals surface area contributed by atoms with Crippen LogP contribution in [0.2, 0.25) is 0 Å². The summed E-state index contributed by atoms with van der Waals surface area (Å²) in [5.74, 6) is -0.407. The SMILES string of the molecule is CCOC(=O)c1[nH]c2ccc(F)cc2c1NC(=O)CN1CCN(c2ccccn2)CC1. The number of nitrogens with one attached hydrogen (secondary N) is 2. The maximum Gasteiger partial charge on any atom is 0.356 e. The number of hydrogen-bond donors (Lipinski definition) is 2. The Morgan fingerprint density at radius 3 is 2.71 bits per heavy atom. The van der Waals surface area contributed by atoms with Crippen molar-refractivity contribution in [2.45, 2.75) is 6.92 Å². The topological polar surface area (TPSA) is 90.6 Å². The van der Waals surface area contributed by atoms with Gasteiger partial charge in [0.15, 0.2) is 0 Å². The molecule has 1 fully saturated rings. The van der Waals surface area contributed by atoms with Crippen molar-refractivity contribution in [2.24, 2.45) is 0 Å². The van der Waals surface area contributed by atoms with Crippen molar-refractivity contribution >= 4 is 34.3 Å². The number of halogens is 1. The monoisotopic (exact) mass is 425 g/mol. The van der Waals surface area contributed by atoms with Crippen LogP contribution in [0.15, 0.2) is 42.6 Å². The first-order chi connectivity index (χ1) is 15.0. The van der Waals surface area contributed by atoms with Gasteiger partial charge >= 0.3 is 5.97 Å². The zero-order valence-corrected chi connectivity index (χ0v) is 17.2. The number of nitrogens with zero attached hydrogens (tertiary/aromatic N) is 3. The molecular weight excluding hydrogens is 401 g/mol. The van der Waals surface area contributed by atoms with Crippen LogP contribution in [0.1, 0.15) is 17.4 Å². The quantitative estimate of drug-likeness (QED) is 0.590. The third-order valence-electron chi connectivity index (χ3n) is 5.22. The summed E-state index contributed by atoms with van der Waals surface area (Å²) in [6.07, 6.45) is 1.76. The Morgan fingerprint density at radius 2 is 2.00 bits per heavy atom. The summed E-state index contributed by atoms with van der Waals surface area (Å²) in [5, 5.41) is 3.21. The van der Waals surface area contributed by atoms with E-state index in [0.29, 0.717) is 24.0 Å². The molecule has 0 saturated carbocycles. The van der Waals surface area contributed by atoms with Crippen LogP contribution in [-0.4, -0.2) is 66.1 Å². The maximum absolute atomic E-state index is 13.8. The van der Waals surface area contributed by atoms with Gasteiger partial charge in [-0.2, -0.15) is 0 Å². The van der Waals surface area contributed by atoms with Crippen molar-refractivity contribution in [2.75, 3.05) is 49.5 Å². The summed E-state index contributed by atoms with van der Waals surface area (Å²) in [4.78, 5) is 36.6. The summed E-state index contributed by atoms with van der Waals surface area (Å²) >= 11 is 0. The molecule has 0 spiro atoms. The van der Waals surface area contributed by atoms with E-state index in [0.717, 1.165) is 18.9 Å². The number of fused-ring (bicyclic) bond motifs is 1. The average molecular weight is 425 g/mol. The van der Waals surface area contributed by atoms with Gasteiger partial charge in [0, 0.05) is 43.3 Å². The number of rotatable bonds is 6. The molecule has 3 aromatic rings. The van der Waals surface area contributed by atoms with E-state index in [2.05, 4.69) is 20.2 Å². The lowest BCUT2D eigenvalue weighted by molar-refractivity contribution is -0.117. The minimum atomic E-state index is -0.599. The first-order valence-electron chi connectivity index (χ1n) is 10.2. The molecule has 31 heavy (non-hydrogen) atoms. The molecule has 1 aliphatic heterocycles. The Bertz CT molecular complexity index is 1080. The molecule has 1 aliphatic rings. The number of esters is 1. The summed E-state index contributed by atoms with van der Waals surface area (Å²) in [5.41, 5.74) is 0.893.